The van der Waals surface area contributed by atoms with E-state index in [-0.39, 0.29) is 5.60 Å². The molecular formula is C15H30N2O. The molecule has 106 valence electrons. The summed E-state index contributed by atoms with van der Waals surface area (Å²) in [6.45, 7) is 6.90. The molecule has 1 aliphatic carbocycles. The van der Waals surface area contributed by atoms with Crippen molar-refractivity contribution in [2.24, 2.45) is 0 Å². The van der Waals surface area contributed by atoms with Crippen molar-refractivity contribution in [1.82, 2.24) is 10.2 Å². The maximum absolute atomic E-state index is 5.64. The summed E-state index contributed by atoms with van der Waals surface area (Å²) >= 11 is 0. The standard InChI is InChI=1S/C15H30N2O/c1-15(18-2)9-6-11-17(13-15)12-10-16-14-7-4-3-5-8-14/h14,16H,3-13H2,1-2H3. The topological polar surface area (TPSA) is 24.5 Å². The molecule has 0 amide bonds. The van der Waals surface area contributed by atoms with Crippen LogP contribution in [0.2, 0.25) is 0 Å². The van der Waals surface area contributed by atoms with Crippen molar-refractivity contribution < 1.29 is 4.74 Å². The van der Waals surface area contributed by atoms with Crippen molar-refractivity contribution in [3.05, 3.63) is 0 Å². The lowest BCUT2D eigenvalue weighted by Gasteiger charge is -2.39. The molecule has 0 aromatic heterocycles. The highest BCUT2D eigenvalue weighted by atomic mass is 16.5. The highest BCUT2D eigenvalue weighted by molar-refractivity contribution is 4.85. The summed E-state index contributed by atoms with van der Waals surface area (Å²) in [5, 5.41) is 3.73. The Morgan fingerprint density at radius 2 is 2.00 bits per heavy atom. The molecule has 0 spiro atoms. The van der Waals surface area contributed by atoms with Gasteiger partial charge in [0.25, 0.3) is 0 Å². The van der Waals surface area contributed by atoms with E-state index in [9.17, 15) is 0 Å². The number of nitrogens with one attached hydrogen (secondary N) is 1. The van der Waals surface area contributed by atoms with Crippen molar-refractivity contribution in [1.29, 1.82) is 0 Å². The number of methoxy groups -OCH3 is 1. The fraction of sp³-hybridized carbons (Fsp3) is 1.00. The number of rotatable bonds is 5. The first-order valence-electron chi connectivity index (χ1n) is 7.73. The SMILES string of the molecule is COC1(C)CCCN(CCNC2CCCCC2)C1. The molecule has 2 aliphatic rings. The van der Waals surface area contributed by atoms with Gasteiger partial charge < -0.3 is 10.1 Å². The van der Waals surface area contributed by atoms with E-state index < -0.39 is 0 Å². The third kappa shape index (κ3) is 4.22. The minimum atomic E-state index is 0.0864. The molecule has 1 unspecified atom stereocenters. The van der Waals surface area contributed by atoms with Crippen molar-refractivity contribution >= 4 is 0 Å². The van der Waals surface area contributed by atoms with Gasteiger partial charge in [0.15, 0.2) is 0 Å². The molecule has 3 heteroatoms. The summed E-state index contributed by atoms with van der Waals surface area (Å²) in [5.74, 6) is 0. The third-order valence-corrected chi connectivity index (χ3v) is 4.70. The van der Waals surface area contributed by atoms with Gasteiger partial charge in [-0.2, -0.15) is 0 Å². The quantitative estimate of drug-likeness (QED) is 0.815. The Hall–Kier alpha value is -0.120. The maximum Gasteiger partial charge on any atom is 0.0777 e. The van der Waals surface area contributed by atoms with E-state index in [2.05, 4.69) is 17.1 Å². The second-order valence-electron chi connectivity index (χ2n) is 6.32. The van der Waals surface area contributed by atoms with Crippen LogP contribution in [0.5, 0.6) is 0 Å². The van der Waals surface area contributed by atoms with E-state index in [0.29, 0.717) is 0 Å². The average Bonchev–Trinajstić information content (AvgIpc) is 2.40. The Morgan fingerprint density at radius 1 is 1.22 bits per heavy atom. The smallest absolute Gasteiger partial charge is 0.0777 e. The summed E-state index contributed by atoms with van der Waals surface area (Å²) < 4.78 is 5.64. The summed E-state index contributed by atoms with van der Waals surface area (Å²) in [7, 11) is 1.85. The Bertz CT molecular complexity index is 241. The summed E-state index contributed by atoms with van der Waals surface area (Å²) in [6, 6.07) is 0.789. The van der Waals surface area contributed by atoms with Crippen LogP contribution in [-0.4, -0.2) is 49.8 Å². The molecule has 18 heavy (non-hydrogen) atoms. The number of ether oxygens (including phenoxy) is 1. The predicted molar refractivity (Wildman–Crippen MR) is 76.0 cm³/mol. The molecule has 2 rings (SSSR count). The number of hydrogen-bond donors (Lipinski definition) is 1. The zero-order valence-corrected chi connectivity index (χ0v) is 12.2. The highest BCUT2D eigenvalue weighted by Crippen LogP contribution is 2.23. The Kier molecular flexibility index (Phi) is 5.46. The lowest BCUT2D eigenvalue weighted by atomic mass is 9.94. The maximum atomic E-state index is 5.64. The van der Waals surface area contributed by atoms with E-state index in [0.717, 1.165) is 19.1 Å². The van der Waals surface area contributed by atoms with Crippen molar-refractivity contribution in [3.8, 4) is 0 Å². The Balaban J connectivity index is 1.63. The van der Waals surface area contributed by atoms with Crippen LogP contribution in [0, 0.1) is 0 Å². The molecule has 1 aliphatic heterocycles. The number of likely N-dealkylation sites (tertiary alicyclic amines) is 1. The van der Waals surface area contributed by atoms with E-state index in [1.165, 1.54) is 58.0 Å². The molecule has 2 fully saturated rings. The van der Waals surface area contributed by atoms with Gasteiger partial charge in [-0.15, -0.1) is 0 Å². The first-order valence-corrected chi connectivity index (χ1v) is 7.73. The molecular weight excluding hydrogens is 224 g/mol. The second-order valence-corrected chi connectivity index (χ2v) is 6.32. The average molecular weight is 254 g/mol. The zero-order valence-electron chi connectivity index (χ0n) is 12.2. The Morgan fingerprint density at radius 3 is 2.72 bits per heavy atom. The molecule has 1 heterocycles. The van der Waals surface area contributed by atoms with E-state index in [1.807, 2.05) is 7.11 Å². The molecule has 1 saturated carbocycles. The van der Waals surface area contributed by atoms with Crippen LogP contribution in [0.4, 0.5) is 0 Å². The summed E-state index contributed by atoms with van der Waals surface area (Å²) in [4.78, 5) is 2.56. The van der Waals surface area contributed by atoms with E-state index >= 15 is 0 Å². The number of piperidine rings is 1. The van der Waals surface area contributed by atoms with Gasteiger partial charge in [-0.3, -0.25) is 4.90 Å². The van der Waals surface area contributed by atoms with Gasteiger partial charge in [0.1, 0.15) is 0 Å². The molecule has 1 N–H and O–H groups in total. The minimum absolute atomic E-state index is 0.0864. The number of hydrogen-bond acceptors (Lipinski definition) is 3. The van der Waals surface area contributed by atoms with Crippen molar-refractivity contribution in [2.45, 2.75) is 63.5 Å². The van der Waals surface area contributed by atoms with Crippen LogP contribution in [-0.2, 0) is 4.74 Å². The minimum Gasteiger partial charge on any atom is -0.377 e. The molecule has 0 bridgehead atoms. The normalized spacial score (nSPS) is 31.7. The largest absolute Gasteiger partial charge is 0.377 e. The monoisotopic (exact) mass is 254 g/mol. The molecule has 1 saturated heterocycles. The van der Waals surface area contributed by atoms with Gasteiger partial charge in [-0.05, 0) is 39.2 Å². The first kappa shape index (κ1) is 14.3. The van der Waals surface area contributed by atoms with Crippen LogP contribution in [0.25, 0.3) is 0 Å². The van der Waals surface area contributed by atoms with Crippen LogP contribution in [0.15, 0.2) is 0 Å². The third-order valence-electron chi connectivity index (χ3n) is 4.70. The molecule has 0 radical (unpaired) electrons. The van der Waals surface area contributed by atoms with E-state index in [4.69, 9.17) is 4.74 Å². The lowest BCUT2D eigenvalue weighted by Crippen LogP contribution is -2.49. The van der Waals surface area contributed by atoms with Crippen LogP contribution < -0.4 is 5.32 Å². The second kappa shape index (κ2) is 6.88. The van der Waals surface area contributed by atoms with Gasteiger partial charge in [0, 0.05) is 32.8 Å². The Labute approximate surface area is 112 Å². The van der Waals surface area contributed by atoms with Gasteiger partial charge in [0.2, 0.25) is 0 Å². The molecule has 0 aromatic carbocycles. The molecule has 1 atom stereocenters. The fourth-order valence-electron chi connectivity index (χ4n) is 3.40. The van der Waals surface area contributed by atoms with E-state index in [1.54, 1.807) is 0 Å². The number of nitrogens with zero attached hydrogens (tertiary/aromatic N) is 1. The van der Waals surface area contributed by atoms with Crippen LogP contribution in [0.3, 0.4) is 0 Å². The predicted octanol–water partition coefficient (Wildman–Crippen LogP) is 2.41. The highest BCUT2D eigenvalue weighted by Gasteiger charge is 2.30. The molecule has 0 aromatic rings. The summed E-state index contributed by atoms with van der Waals surface area (Å²) in [6.07, 6.45) is 9.53. The summed E-state index contributed by atoms with van der Waals surface area (Å²) in [5.41, 5.74) is 0.0864. The zero-order chi connectivity index (χ0) is 12.8. The van der Waals surface area contributed by atoms with Crippen LogP contribution in [0.1, 0.15) is 51.9 Å². The van der Waals surface area contributed by atoms with Gasteiger partial charge in [0.05, 0.1) is 5.60 Å². The molecule has 3 nitrogen and oxygen atoms in total. The van der Waals surface area contributed by atoms with Gasteiger partial charge in [-0.1, -0.05) is 19.3 Å². The first-order chi connectivity index (χ1) is 8.72. The lowest BCUT2D eigenvalue weighted by molar-refractivity contribution is -0.0503. The van der Waals surface area contributed by atoms with Crippen molar-refractivity contribution in [3.63, 3.8) is 0 Å². The van der Waals surface area contributed by atoms with Gasteiger partial charge >= 0.3 is 0 Å². The van der Waals surface area contributed by atoms with Crippen molar-refractivity contribution in [2.75, 3.05) is 33.3 Å². The van der Waals surface area contributed by atoms with Crippen LogP contribution >= 0.6 is 0 Å². The van der Waals surface area contributed by atoms with Gasteiger partial charge in [-0.25, -0.2) is 0 Å². The fourth-order valence-corrected chi connectivity index (χ4v) is 3.40.